The second-order valence-electron chi connectivity index (χ2n) is 6.50. The van der Waals surface area contributed by atoms with Crippen molar-refractivity contribution in [3.63, 3.8) is 0 Å². The van der Waals surface area contributed by atoms with Gasteiger partial charge in [-0.15, -0.1) is 11.3 Å². The number of benzene rings is 1. The van der Waals surface area contributed by atoms with E-state index in [9.17, 15) is 22.0 Å². The van der Waals surface area contributed by atoms with Crippen molar-refractivity contribution in [2.45, 2.75) is 51.8 Å². The highest BCUT2D eigenvalue weighted by atomic mass is 32.1. The summed E-state index contributed by atoms with van der Waals surface area (Å²) in [5.74, 6) is -2.44. The first-order chi connectivity index (χ1) is 12.8. The number of hydrogen-bond acceptors (Lipinski definition) is 2. The van der Waals surface area contributed by atoms with Crippen molar-refractivity contribution in [2.75, 3.05) is 0 Å². The Hall–Kier alpha value is -1.89. The van der Waals surface area contributed by atoms with E-state index in [2.05, 4.69) is 0 Å². The van der Waals surface area contributed by atoms with Crippen LogP contribution in [0.1, 0.15) is 54.2 Å². The second-order valence-corrected chi connectivity index (χ2v) is 7.38. The van der Waals surface area contributed by atoms with Crippen LogP contribution in [0, 0.1) is 11.6 Å². The molecule has 0 fully saturated rings. The van der Waals surface area contributed by atoms with E-state index in [4.69, 9.17) is 4.74 Å². The van der Waals surface area contributed by atoms with Gasteiger partial charge in [0.05, 0.1) is 0 Å². The highest BCUT2D eigenvalue weighted by Crippen LogP contribution is 2.42. The molecule has 0 N–H and O–H groups in total. The summed E-state index contributed by atoms with van der Waals surface area (Å²) in [6, 6.07) is 2.33. The monoisotopic (exact) mass is 402 g/mol. The van der Waals surface area contributed by atoms with E-state index < -0.39 is 35.0 Å². The van der Waals surface area contributed by atoms with Crippen molar-refractivity contribution < 1.29 is 26.7 Å². The maximum Gasteiger partial charge on any atom is 0.426 e. The average molecular weight is 402 g/mol. The van der Waals surface area contributed by atoms with Gasteiger partial charge in [0.25, 0.3) is 0 Å². The summed E-state index contributed by atoms with van der Waals surface area (Å²) in [4.78, 5) is -0.784. The molecule has 27 heavy (non-hydrogen) atoms. The third-order valence-electron chi connectivity index (χ3n) is 4.50. The summed E-state index contributed by atoms with van der Waals surface area (Å²) in [5, 5.41) is 1.45. The van der Waals surface area contributed by atoms with Crippen LogP contribution in [0.15, 0.2) is 23.6 Å². The Morgan fingerprint density at radius 3 is 2.41 bits per heavy atom. The molecule has 0 amide bonds. The molecule has 0 aliphatic heterocycles. The lowest BCUT2D eigenvalue weighted by atomic mass is 10.0. The van der Waals surface area contributed by atoms with Crippen molar-refractivity contribution >= 4 is 16.9 Å². The Balaban J connectivity index is 1.91. The highest BCUT2D eigenvalue weighted by Gasteiger charge is 2.37. The number of alkyl halides is 3. The smallest absolute Gasteiger partial charge is 0.426 e. The average Bonchev–Trinajstić information content (AvgIpc) is 3.22. The molecule has 0 unspecified atom stereocenters. The van der Waals surface area contributed by atoms with E-state index in [0.29, 0.717) is 35.3 Å². The molecule has 0 radical (unpaired) electrons. The molecule has 1 aliphatic rings. The number of aryl methyl sites for hydroxylation is 1. The zero-order valence-electron chi connectivity index (χ0n) is 14.8. The fraction of sp³-hybridized carbons (Fsp3) is 0.400. The van der Waals surface area contributed by atoms with Gasteiger partial charge in [-0.25, -0.2) is 8.78 Å². The van der Waals surface area contributed by atoms with Crippen LogP contribution in [-0.2, 0) is 19.2 Å². The Morgan fingerprint density at radius 1 is 1.15 bits per heavy atom. The second kappa shape index (κ2) is 8.00. The minimum atomic E-state index is -4.54. The maximum absolute atomic E-state index is 14.2. The summed E-state index contributed by atoms with van der Waals surface area (Å²) in [5.41, 5.74) is 1.73. The number of halogens is 5. The van der Waals surface area contributed by atoms with Crippen LogP contribution >= 0.6 is 11.3 Å². The molecular formula is C20H19F5OS. The van der Waals surface area contributed by atoms with Crippen LogP contribution in [0.4, 0.5) is 22.0 Å². The standard InChI is InChI=1S/C20H19F5OS/c1-2-5-12-8-16(21)18(17(22)9-12)26-10-14-15(13-6-3-4-7-13)11-27-19(14)20(23,24)25/h6,8-9,11H,2-5,7,10H2,1H3. The normalized spacial score (nSPS) is 14.5. The van der Waals surface area contributed by atoms with Gasteiger partial charge in [-0.1, -0.05) is 19.4 Å². The minimum absolute atomic E-state index is 0.0583. The topological polar surface area (TPSA) is 9.23 Å². The molecule has 7 heteroatoms. The summed E-state index contributed by atoms with van der Waals surface area (Å²) >= 11 is 0.589. The van der Waals surface area contributed by atoms with Gasteiger partial charge in [0.15, 0.2) is 17.4 Å². The van der Waals surface area contributed by atoms with Gasteiger partial charge in [-0.3, -0.25) is 0 Å². The summed E-state index contributed by atoms with van der Waals surface area (Å²) in [7, 11) is 0. The van der Waals surface area contributed by atoms with E-state index in [1.807, 2.05) is 13.0 Å². The number of ether oxygens (including phenoxy) is 1. The number of allylic oxidation sites excluding steroid dienone is 2. The first-order valence-electron chi connectivity index (χ1n) is 8.79. The Kier molecular flexibility index (Phi) is 5.89. The molecule has 1 aromatic carbocycles. The van der Waals surface area contributed by atoms with Crippen molar-refractivity contribution in [2.24, 2.45) is 0 Å². The Labute approximate surface area is 158 Å². The summed E-state index contributed by atoms with van der Waals surface area (Å²) in [6.07, 6.45) is 0.991. The Bertz CT molecular complexity index is 828. The fourth-order valence-electron chi connectivity index (χ4n) is 3.28. The largest absolute Gasteiger partial charge is 0.483 e. The molecule has 3 rings (SSSR count). The van der Waals surface area contributed by atoms with Crippen molar-refractivity contribution in [1.82, 2.24) is 0 Å². The van der Waals surface area contributed by atoms with Gasteiger partial charge < -0.3 is 4.74 Å². The molecular weight excluding hydrogens is 383 g/mol. The molecule has 0 bridgehead atoms. The van der Waals surface area contributed by atoms with Gasteiger partial charge in [-0.05, 0) is 59.9 Å². The van der Waals surface area contributed by atoms with E-state index in [1.54, 1.807) is 0 Å². The lowest BCUT2D eigenvalue weighted by Gasteiger charge is -2.14. The molecule has 1 aromatic heterocycles. The van der Waals surface area contributed by atoms with Crippen LogP contribution in [-0.4, -0.2) is 0 Å². The van der Waals surface area contributed by atoms with Crippen LogP contribution in [0.25, 0.3) is 5.57 Å². The molecule has 1 nitrogen and oxygen atoms in total. The fourth-order valence-corrected chi connectivity index (χ4v) is 4.25. The summed E-state index contributed by atoms with van der Waals surface area (Å²) in [6.45, 7) is 1.35. The van der Waals surface area contributed by atoms with Gasteiger partial charge in [0.2, 0.25) is 0 Å². The SMILES string of the molecule is CCCc1cc(F)c(OCc2c(C3=CCCC3)csc2C(F)(F)F)c(F)c1. The zero-order chi connectivity index (χ0) is 19.6. The molecule has 0 saturated carbocycles. The predicted octanol–water partition coefficient (Wildman–Crippen LogP) is 7.14. The van der Waals surface area contributed by atoms with E-state index in [-0.39, 0.29) is 5.56 Å². The molecule has 0 atom stereocenters. The molecule has 146 valence electrons. The number of thiophene rings is 1. The molecule has 1 aliphatic carbocycles. The zero-order valence-corrected chi connectivity index (χ0v) is 15.6. The molecule has 0 saturated heterocycles. The van der Waals surface area contributed by atoms with Crippen molar-refractivity contribution in [3.05, 3.63) is 56.8 Å². The quantitative estimate of drug-likeness (QED) is 0.467. The predicted molar refractivity (Wildman–Crippen MR) is 95.8 cm³/mol. The van der Waals surface area contributed by atoms with E-state index in [1.165, 1.54) is 17.5 Å². The molecule has 1 heterocycles. The van der Waals surface area contributed by atoms with Crippen LogP contribution in [0.3, 0.4) is 0 Å². The first kappa shape index (κ1) is 19.9. The van der Waals surface area contributed by atoms with Crippen LogP contribution < -0.4 is 4.74 Å². The third-order valence-corrected chi connectivity index (χ3v) is 5.56. The third kappa shape index (κ3) is 4.34. The van der Waals surface area contributed by atoms with Crippen LogP contribution in [0.2, 0.25) is 0 Å². The maximum atomic E-state index is 14.2. The molecule has 0 spiro atoms. The van der Waals surface area contributed by atoms with E-state index >= 15 is 0 Å². The minimum Gasteiger partial charge on any atom is -0.483 e. The van der Waals surface area contributed by atoms with Crippen molar-refractivity contribution in [3.8, 4) is 5.75 Å². The van der Waals surface area contributed by atoms with Gasteiger partial charge in [0, 0.05) is 5.56 Å². The lowest BCUT2D eigenvalue weighted by Crippen LogP contribution is -2.10. The number of rotatable bonds is 6. The number of hydrogen-bond donors (Lipinski definition) is 0. The summed E-state index contributed by atoms with van der Waals surface area (Å²) < 4.78 is 73.7. The highest BCUT2D eigenvalue weighted by molar-refractivity contribution is 7.10. The lowest BCUT2D eigenvalue weighted by molar-refractivity contribution is -0.135. The Morgan fingerprint density at radius 2 is 1.85 bits per heavy atom. The first-order valence-corrected chi connectivity index (χ1v) is 9.67. The van der Waals surface area contributed by atoms with Crippen molar-refractivity contribution in [1.29, 1.82) is 0 Å². The van der Waals surface area contributed by atoms with E-state index in [0.717, 1.165) is 24.8 Å². The van der Waals surface area contributed by atoms with Crippen LogP contribution in [0.5, 0.6) is 5.75 Å². The molecule has 2 aromatic rings. The van der Waals surface area contributed by atoms with Gasteiger partial charge in [0.1, 0.15) is 11.5 Å². The van der Waals surface area contributed by atoms with Gasteiger partial charge in [-0.2, -0.15) is 13.2 Å². The van der Waals surface area contributed by atoms with Gasteiger partial charge >= 0.3 is 6.18 Å².